The summed E-state index contributed by atoms with van der Waals surface area (Å²) in [4.78, 5) is 11.8. The molecule has 0 aliphatic rings. The van der Waals surface area contributed by atoms with Crippen LogP contribution in [0, 0.1) is 17.4 Å². The Hall–Kier alpha value is -1.18. The van der Waals surface area contributed by atoms with Gasteiger partial charge in [0.15, 0.2) is 0 Å². The maximum absolute atomic E-state index is 11.8. The predicted molar refractivity (Wildman–Crippen MR) is 66.3 cm³/mol. The minimum absolute atomic E-state index is 0.0312. The average molecular weight is 331 g/mol. The van der Waals surface area contributed by atoms with Gasteiger partial charge in [0.25, 0.3) is 5.56 Å². The van der Waals surface area contributed by atoms with Gasteiger partial charge in [-0.2, -0.15) is 0 Å². The molecule has 0 aliphatic heterocycles. The van der Waals surface area contributed by atoms with Gasteiger partial charge in [0.2, 0.25) is 11.8 Å². The molecule has 0 amide bonds. The van der Waals surface area contributed by atoms with Gasteiger partial charge in [-0.1, -0.05) is 0 Å². The van der Waals surface area contributed by atoms with E-state index in [4.69, 9.17) is 4.42 Å². The van der Waals surface area contributed by atoms with E-state index in [1.54, 1.807) is 24.6 Å². The fourth-order valence-corrected chi connectivity index (χ4v) is 2.21. The second-order valence-electron chi connectivity index (χ2n) is 3.49. The van der Waals surface area contributed by atoms with E-state index >= 15 is 0 Å². The molecule has 0 fully saturated rings. The highest BCUT2D eigenvalue weighted by molar-refractivity contribution is 14.1. The summed E-state index contributed by atoms with van der Waals surface area (Å²) < 4.78 is 7.82. The zero-order valence-electron chi connectivity index (χ0n) is 8.90. The van der Waals surface area contributed by atoms with Crippen LogP contribution >= 0.6 is 22.6 Å². The number of aryl methyl sites for hydroxylation is 2. The highest BCUT2D eigenvalue weighted by Gasteiger charge is 2.07. The molecule has 0 spiro atoms. The quantitative estimate of drug-likeness (QED) is 0.783. The molecule has 2 heterocycles. The van der Waals surface area contributed by atoms with Crippen LogP contribution in [0.2, 0.25) is 0 Å². The summed E-state index contributed by atoms with van der Waals surface area (Å²) in [6.45, 7) is 3.83. The number of pyridine rings is 1. The Balaban J connectivity index is 2.38. The van der Waals surface area contributed by atoms with Crippen molar-refractivity contribution >= 4 is 22.6 Å². The van der Waals surface area contributed by atoms with Gasteiger partial charge in [0, 0.05) is 22.3 Å². The van der Waals surface area contributed by atoms with Gasteiger partial charge in [0.05, 0.1) is 0 Å². The summed E-state index contributed by atoms with van der Waals surface area (Å²) >= 11 is 2.17. The van der Waals surface area contributed by atoms with Gasteiger partial charge in [0.1, 0.15) is 6.54 Å². The molecule has 0 unspecified atom stereocenters. The highest BCUT2D eigenvalue weighted by atomic mass is 127. The molecule has 6 heteroatoms. The van der Waals surface area contributed by atoms with Gasteiger partial charge in [-0.05, 0) is 35.6 Å². The van der Waals surface area contributed by atoms with E-state index in [1.807, 2.05) is 6.07 Å². The van der Waals surface area contributed by atoms with Gasteiger partial charge in [-0.3, -0.25) is 4.79 Å². The van der Waals surface area contributed by atoms with Crippen LogP contribution < -0.4 is 5.56 Å². The molecule has 0 atom stereocenters. The van der Waals surface area contributed by atoms with Crippen LogP contribution in [0.1, 0.15) is 17.3 Å². The Kier molecular flexibility index (Phi) is 3.08. The fraction of sp³-hybridized carbons (Fsp3) is 0.300. The van der Waals surface area contributed by atoms with Gasteiger partial charge >= 0.3 is 0 Å². The average Bonchev–Trinajstić information content (AvgIpc) is 2.60. The van der Waals surface area contributed by atoms with Crippen molar-refractivity contribution in [2.24, 2.45) is 0 Å². The molecule has 2 aromatic heterocycles. The summed E-state index contributed by atoms with van der Waals surface area (Å²) in [6.07, 6.45) is 1.77. The van der Waals surface area contributed by atoms with Crippen LogP contribution in [0.15, 0.2) is 21.5 Å². The molecule has 0 aliphatic carbocycles. The van der Waals surface area contributed by atoms with Crippen LogP contribution in [0.4, 0.5) is 0 Å². The van der Waals surface area contributed by atoms with E-state index in [1.165, 1.54) is 0 Å². The third-order valence-electron chi connectivity index (χ3n) is 2.11. The Bertz CT molecular complexity index is 574. The molecule has 2 rings (SSSR count). The maximum Gasteiger partial charge on any atom is 0.253 e. The number of aromatic nitrogens is 3. The first kappa shape index (κ1) is 11.3. The third-order valence-corrected chi connectivity index (χ3v) is 2.70. The van der Waals surface area contributed by atoms with Crippen molar-refractivity contribution in [3.8, 4) is 0 Å². The van der Waals surface area contributed by atoms with E-state index in [0.29, 0.717) is 23.9 Å². The Morgan fingerprint density at radius 2 is 2.19 bits per heavy atom. The molecular formula is C10H10IN3O2. The lowest BCUT2D eigenvalue weighted by Gasteiger charge is -2.04. The molecule has 16 heavy (non-hydrogen) atoms. The number of nitrogens with zero attached hydrogens (tertiary/aromatic N) is 3. The van der Waals surface area contributed by atoms with Gasteiger partial charge < -0.3 is 8.98 Å². The van der Waals surface area contributed by atoms with Crippen LogP contribution in [-0.2, 0) is 6.54 Å². The largest absolute Gasteiger partial charge is 0.424 e. The second kappa shape index (κ2) is 4.36. The molecule has 0 radical (unpaired) electrons. The van der Waals surface area contributed by atoms with E-state index < -0.39 is 0 Å². The first-order valence-electron chi connectivity index (χ1n) is 4.72. The van der Waals surface area contributed by atoms with Crippen LogP contribution in [-0.4, -0.2) is 14.8 Å². The summed E-state index contributed by atoms with van der Waals surface area (Å²) in [5.74, 6) is 0.950. The Morgan fingerprint density at radius 3 is 2.81 bits per heavy atom. The van der Waals surface area contributed by atoms with Crippen molar-refractivity contribution in [3.63, 3.8) is 0 Å². The minimum Gasteiger partial charge on any atom is -0.424 e. The van der Waals surface area contributed by atoms with Crippen molar-refractivity contribution in [1.29, 1.82) is 0 Å². The van der Waals surface area contributed by atoms with Crippen molar-refractivity contribution in [2.45, 2.75) is 20.4 Å². The molecule has 0 aromatic carbocycles. The first-order valence-corrected chi connectivity index (χ1v) is 5.79. The van der Waals surface area contributed by atoms with E-state index in [0.717, 1.165) is 3.57 Å². The zero-order valence-corrected chi connectivity index (χ0v) is 11.1. The Morgan fingerprint density at radius 1 is 1.44 bits per heavy atom. The summed E-state index contributed by atoms with van der Waals surface area (Å²) in [5, 5.41) is 7.59. The van der Waals surface area contributed by atoms with E-state index in [9.17, 15) is 4.79 Å². The summed E-state index contributed by atoms with van der Waals surface area (Å²) in [6, 6.07) is 1.85. The van der Waals surface area contributed by atoms with E-state index in [2.05, 4.69) is 32.8 Å². The van der Waals surface area contributed by atoms with E-state index in [-0.39, 0.29) is 5.56 Å². The first-order chi connectivity index (χ1) is 7.56. The van der Waals surface area contributed by atoms with Gasteiger partial charge in [-0.25, -0.2) is 0 Å². The second-order valence-corrected chi connectivity index (χ2v) is 4.73. The molecule has 5 nitrogen and oxygen atoms in total. The molecule has 0 bridgehead atoms. The predicted octanol–water partition coefficient (Wildman–Crippen LogP) is 1.50. The van der Waals surface area contributed by atoms with Crippen molar-refractivity contribution in [1.82, 2.24) is 14.8 Å². The molecule has 0 N–H and O–H groups in total. The number of rotatable bonds is 2. The smallest absolute Gasteiger partial charge is 0.253 e. The lowest BCUT2D eigenvalue weighted by molar-refractivity contribution is 0.451. The van der Waals surface area contributed by atoms with Crippen LogP contribution in [0.25, 0.3) is 0 Å². The molecule has 0 saturated heterocycles. The molecule has 84 valence electrons. The van der Waals surface area contributed by atoms with Crippen molar-refractivity contribution in [2.75, 3.05) is 0 Å². The SMILES string of the molecule is Cc1nnc(Cn2cc(I)cc(C)c2=O)o1. The van der Waals surface area contributed by atoms with Crippen LogP contribution in [0.5, 0.6) is 0 Å². The Labute approximate surface area is 106 Å². The molecule has 0 saturated carbocycles. The topological polar surface area (TPSA) is 60.9 Å². The monoisotopic (exact) mass is 331 g/mol. The number of hydrogen-bond acceptors (Lipinski definition) is 4. The molecule has 2 aromatic rings. The minimum atomic E-state index is -0.0312. The summed E-state index contributed by atoms with van der Waals surface area (Å²) in [7, 11) is 0. The highest BCUT2D eigenvalue weighted by Crippen LogP contribution is 2.05. The number of hydrogen-bond donors (Lipinski definition) is 0. The summed E-state index contributed by atoms with van der Waals surface area (Å²) in [5.41, 5.74) is 0.680. The van der Waals surface area contributed by atoms with Crippen molar-refractivity contribution < 1.29 is 4.42 Å². The normalized spacial score (nSPS) is 10.7. The lowest BCUT2D eigenvalue weighted by atomic mass is 10.3. The van der Waals surface area contributed by atoms with Crippen LogP contribution in [0.3, 0.4) is 0 Å². The lowest BCUT2D eigenvalue weighted by Crippen LogP contribution is -2.22. The fourth-order valence-electron chi connectivity index (χ4n) is 1.40. The third kappa shape index (κ3) is 2.31. The standard InChI is InChI=1S/C10H10IN3O2/c1-6-3-8(11)4-14(10(6)15)5-9-13-12-7(2)16-9/h3-4H,5H2,1-2H3. The zero-order chi connectivity index (χ0) is 11.7. The maximum atomic E-state index is 11.8. The van der Waals surface area contributed by atoms with Crippen molar-refractivity contribution in [3.05, 3.63) is 43.5 Å². The number of halogens is 1. The molecular weight excluding hydrogens is 321 g/mol. The van der Waals surface area contributed by atoms with Gasteiger partial charge in [-0.15, -0.1) is 10.2 Å².